The van der Waals surface area contributed by atoms with E-state index < -0.39 is 0 Å². The van der Waals surface area contributed by atoms with Crippen LogP contribution in [-0.2, 0) is 0 Å². The van der Waals surface area contributed by atoms with Crippen molar-refractivity contribution in [2.45, 2.75) is 0 Å². The van der Waals surface area contributed by atoms with E-state index in [0.29, 0.717) is 23.4 Å². The van der Waals surface area contributed by atoms with Crippen molar-refractivity contribution >= 4 is 42.6 Å². The molecule has 6 heteroatoms. The summed E-state index contributed by atoms with van der Waals surface area (Å²) in [4.78, 5) is 19.6. The zero-order chi connectivity index (χ0) is 30.5. The van der Waals surface area contributed by atoms with E-state index >= 15 is 0 Å². The molecule has 6 aromatic carbocycles. The summed E-state index contributed by atoms with van der Waals surface area (Å²) in [5, 5.41) is 2.34. The number of nitrogens with zero attached hydrogens (tertiary/aromatic N) is 4. The number of aromatic nitrogens is 4. The van der Waals surface area contributed by atoms with Gasteiger partial charge in [0.1, 0.15) is 5.52 Å². The molecule has 0 amide bonds. The molecule has 216 valence electrons. The van der Waals surface area contributed by atoms with Crippen LogP contribution in [0.4, 0.5) is 0 Å². The van der Waals surface area contributed by atoms with E-state index in [1.807, 2.05) is 103 Å². The molecule has 0 atom stereocenters. The topological polar surface area (TPSA) is 64.7 Å². The average Bonchev–Trinajstić information content (AvgIpc) is 3.74. The first-order valence-corrected chi connectivity index (χ1v) is 15.9. The number of oxazole rings is 1. The minimum Gasteiger partial charge on any atom is -0.435 e. The van der Waals surface area contributed by atoms with Crippen LogP contribution in [0.3, 0.4) is 0 Å². The number of benzene rings is 6. The minimum atomic E-state index is 0.622. The van der Waals surface area contributed by atoms with E-state index in [2.05, 4.69) is 42.5 Å². The standard InChI is InChI=1S/C40H24N4OS/c1-4-11-25(12-5-1)37-42-38(26-13-6-2-7-14-26)44-39(43-37)29-20-22-35-32(24-29)31-23-28(19-21-34(31)46-35)30-17-10-18-33-36(30)45-40(41-33)27-15-8-3-9-16-27/h1-24H. The lowest BCUT2D eigenvalue weighted by Crippen LogP contribution is -2.00. The first kappa shape index (κ1) is 26.4. The monoisotopic (exact) mass is 608 g/mol. The Hall–Kier alpha value is -5.98. The van der Waals surface area contributed by atoms with E-state index in [9.17, 15) is 0 Å². The zero-order valence-corrected chi connectivity index (χ0v) is 25.3. The van der Waals surface area contributed by atoms with Gasteiger partial charge in [-0.05, 0) is 54.1 Å². The van der Waals surface area contributed by atoms with Crippen molar-refractivity contribution in [3.63, 3.8) is 0 Å². The normalized spacial score (nSPS) is 11.5. The number of thiophene rings is 1. The Morgan fingerprint density at radius 1 is 0.413 bits per heavy atom. The van der Waals surface area contributed by atoms with Crippen LogP contribution in [0.5, 0.6) is 0 Å². The molecule has 9 aromatic rings. The summed E-state index contributed by atoms with van der Waals surface area (Å²) < 4.78 is 8.79. The molecule has 0 saturated carbocycles. The quantitative estimate of drug-likeness (QED) is 0.194. The predicted molar refractivity (Wildman–Crippen MR) is 187 cm³/mol. The first-order valence-electron chi connectivity index (χ1n) is 15.1. The Morgan fingerprint density at radius 3 is 1.54 bits per heavy atom. The molecule has 0 radical (unpaired) electrons. The first-order chi connectivity index (χ1) is 22.8. The molecule has 3 heterocycles. The van der Waals surface area contributed by atoms with Crippen molar-refractivity contribution in [2.24, 2.45) is 0 Å². The highest BCUT2D eigenvalue weighted by atomic mass is 32.1. The van der Waals surface area contributed by atoms with Gasteiger partial charge in [-0.3, -0.25) is 0 Å². The molecular weight excluding hydrogens is 585 g/mol. The molecular formula is C40H24N4OS. The lowest BCUT2D eigenvalue weighted by atomic mass is 10.0. The maximum absolute atomic E-state index is 6.36. The van der Waals surface area contributed by atoms with Crippen LogP contribution in [0.2, 0.25) is 0 Å². The van der Waals surface area contributed by atoms with Gasteiger partial charge in [-0.1, -0.05) is 97.1 Å². The second kappa shape index (κ2) is 10.9. The van der Waals surface area contributed by atoms with Gasteiger partial charge in [0.25, 0.3) is 0 Å². The fourth-order valence-corrected chi connectivity index (χ4v) is 6.97. The maximum atomic E-state index is 6.36. The average molecular weight is 609 g/mol. The molecule has 0 spiro atoms. The third-order valence-corrected chi connectivity index (χ3v) is 9.33. The number of para-hydroxylation sites is 1. The Labute approximate surface area is 268 Å². The van der Waals surface area contributed by atoms with Crippen LogP contribution in [0.15, 0.2) is 150 Å². The Morgan fingerprint density at radius 2 is 0.935 bits per heavy atom. The van der Waals surface area contributed by atoms with E-state index in [0.717, 1.165) is 49.9 Å². The lowest BCUT2D eigenvalue weighted by Gasteiger charge is -2.08. The van der Waals surface area contributed by atoms with Gasteiger partial charge >= 0.3 is 0 Å². The molecule has 46 heavy (non-hydrogen) atoms. The van der Waals surface area contributed by atoms with Crippen LogP contribution < -0.4 is 0 Å². The molecule has 0 unspecified atom stereocenters. The summed E-state index contributed by atoms with van der Waals surface area (Å²) in [5.41, 5.74) is 7.53. The lowest BCUT2D eigenvalue weighted by molar-refractivity contribution is 0.621. The van der Waals surface area contributed by atoms with Gasteiger partial charge in [-0.25, -0.2) is 19.9 Å². The fraction of sp³-hybridized carbons (Fsp3) is 0. The van der Waals surface area contributed by atoms with Crippen molar-refractivity contribution in [3.8, 4) is 56.7 Å². The van der Waals surface area contributed by atoms with Gasteiger partial charge in [-0.15, -0.1) is 11.3 Å². The van der Waals surface area contributed by atoms with Gasteiger partial charge in [0.05, 0.1) is 0 Å². The molecule has 5 nitrogen and oxygen atoms in total. The highest BCUT2D eigenvalue weighted by molar-refractivity contribution is 7.25. The summed E-state index contributed by atoms with van der Waals surface area (Å²) >= 11 is 1.79. The van der Waals surface area contributed by atoms with Gasteiger partial charge in [0, 0.05) is 48.0 Å². The number of rotatable bonds is 5. The van der Waals surface area contributed by atoms with Gasteiger partial charge in [0.15, 0.2) is 23.1 Å². The molecule has 0 N–H and O–H groups in total. The van der Waals surface area contributed by atoms with Crippen LogP contribution in [0.25, 0.3) is 88.0 Å². The molecule has 3 aromatic heterocycles. The summed E-state index contributed by atoms with van der Waals surface area (Å²) in [6, 6.07) is 49.4. The highest BCUT2D eigenvalue weighted by Crippen LogP contribution is 2.40. The minimum absolute atomic E-state index is 0.622. The third kappa shape index (κ3) is 4.64. The van der Waals surface area contributed by atoms with E-state index in [-0.39, 0.29) is 0 Å². The predicted octanol–water partition coefficient (Wildman–Crippen LogP) is 10.7. The number of hydrogen-bond acceptors (Lipinski definition) is 6. The molecule has 0 aliphatic heterocycles. The highest BCUT2D eigenvalue weighted by Gasteiger charge is 2.16. The molecule has 0 aliphatic rings. The summed E-state index contributed by atoms with van der Waals surface area (Å²) in [6.07, 6.45) is 0. The number of hydrogen-bond donors (Lipinski definition) is 0. The van der Waals surface area contributed by atoms with Crippen molar-refractivity contribution in [2.75, 3.05) is 0 Å². The second-order valence-corrected chi connectivity index (χ2v) is 12.2. The zero-order valence-electron chi connectivity index (χ0n) is 24.5. The summed E-state index contributed by atoms with van der Waals surface area (Å²) in [6.45, 7) is 0. The van der Waals surface area contributed by atoms with E-state index in [1.165, 1.54) is 14.8 Å². The van der Waals surface area contributed by atoms with Crippen LogP contribution >= 0.6 is 11.3 Å². The van der Waals surface area contributed by atoms with Crippen LogP contribution in [0, 0.1) is 0 Å². The fourth-order valence-electron chi connectivity index (χ4n) is 5.90. The van der Waals surface area contributed by atoms with Crippen molar-refractivity contribution in [1.29, 1.82) is 0 Å². The molecule has 0 fully saturated rings. The van der Waals surface area contributed by atoms with Crippen molar-refractivity contribution < 1.29 is 4.42 Å². The van der Waals surface area contributed by atoms with Crippen molar-refractivity contribution in [1.82, 2.24) is 19.9 Å². The Kier molecular flexibility index (Phi) is 6.25. The molecule has 0 bridgehead atoms. The van der Waals surface area contributed by atoms with Crippen molar-refractivity contribution in [3.05, 3.63) is 146 Å². The molecule has 0 saturated heterocycles. The summed E-state index contributed by atoms with van der Waals surface area (Å²) in [7, 11) is 0. The molecule has 0 aliphatic carbocycles. The smallest absolute Gasteiger partial charge is 0.227 e. The van der Waals surface area contributed by atoms with Gasteiger partial charge in [-0.2, -0.15) is 0 Å². The Balaban J connectivity index is 1.18. The van der Waals surface area contributed by atoms with Crippen LogP contribution in [-0.4, -0.2) is 19.9 Å². The van der Waals surface area contributed by atoms with E-state index in [1.54, 1.807) is 11.3 Å². The largest absolute Gasteiger partial charge is 0.435 e. The SMILES string of the molecule is c1ccc(-c2nc(-c3ccccc3)nc(-c3ccc4sc5ccc(-c6cccc7nc(-c8ccccc8)oc67)cc5c4c3)n2)cc1. The van der Waals surface area contributed by atoms with Gasteiger partial charge < -0.3 is 4.42 Å². The van der Waals surface area contributed by atoms with E-state index in [4.69, 9.17) is 24.4 Å². The molecule has 9 rings (SSSR count). The third-order valence-electron chi connectivity index (χ3n) is 8.17. The second-order valence-electron chi connectivity index (χ2n) is 11.1. The number of fused-ring (bicyclic) bond motifs is 4. The maximum Gasteiger partial charge on any atom is 0.227 e. The van der Waals surface area contributed by atoms with Crippen LogP contribution in [0.1, 0.15) is 0 Å². The summed E-state index contributed by atoms with van der Waals surface area (Å²) in [5.74, 6) is 2.57. The van der Waals surface area contributed by atoms with Gasteiger partial charge in [0.2, 0.25) is 5.89 Å². The Bertz CT molecular complexity index is 2470.